The lowest BCUT2D eigenvalue weighted by Gasteiger charge is -2.08. The van der Waals surface area contributed by atoms with Crippen molar-refractivity contribution in [1.29, 1.82) is 0 Å². The van der Waals surface area contributed by atoms with Crippen LogP contribution < -0.4 is 5.56 Å². The average molecular weight is 356 g/mol. The van der Waals surface area contributed by atoms with Gasteiger partial charge in [0.15, 0.2) is 11.0 Å². The molecule has 1 N–H and O–H groups in total. The molecule has 0 aliphatic heterocycles. The van der Waals surface area contributed by atoms with Crippen molar-refractivity contribution in [2.45, 2.75) is 11.7 Å². The highest BCUT2D eigenvalue weighted by atomic mass is 32.2. The Morgan fingerprint density at radius 1 is 1.16 bits per heavy atom. The van der Waals surface area contributed by atoms with Gasteiger partial charge >= 0.3 is 5.97 Å². The van der Waals surface area contributed by atoms with Crippen molar-refractivity contribution < 1.29 is 9.90 Å². The van der Waals surface area contributed by atoms with Gasteiger partial charge in [0.1, 0.15) is 0 Å². The van der Waals surface area contributed by atoms with Gasteiger partial charge in [-0.15, -0.1) is 10.2 Å². The first-order valence-corrected chi connectivity index (χ1v) is 8.52. The first-order chi connectivity index (χ1) is 12.1. The third kappa shape index (κ3) is 3.80. The van der Waals surface area contributed by atoms with Gasteiger partial charge in [0.05, 0.1) is 17.9 Å². The molecule has 2 heterocycles. The Hall–Kier alpha value is -2.87. The number of hydrogen-bond acceptors (Lipinski definition) is 5. The first kappa shape index (κ1) is 17.0. The molecule has 0 unspecified atom stereocenters. The third-order valence-electron chi connectivity index (χ3n) is 3.62. The van der Waals surface area contributed by atoms with Gasteiger partial charge in [0.25, 0.3) is 5.56 Å². The van der Waals surface area contributed by atoms with E-state index in [1.807, 2.05) is 30.3 Å². The zero-order chi connectivity index (χ0) is 17.8. The topological polar surface area (TPSA) is 90.0 Å². The Morgan fingerprint density at radius 2 is 1.92 bits per heavy atom. The third-order valence-corrected chi connectivity index (χ3v) is 4.62. The zero-order valence-electron chi connectivity index (χ0n) is 13.5. The van der Waals surface area contributed by atoms with Crippen LogP contribution in [0.1, 0.15) is 5.56 Å². The lowest BCUT2D eigenvalue weighted by molar-refractivity contribution is -0.133. The van der Waals surface area contributed by atoms with Crippen LogP contribution in [0.2, 0.25) is 0 Å². The smallest absolute Gasteiger partial charge is 0.313 e. The number of nitrogens with zero attached hydrogens (tertiary/aromatic N) is 4. The summed E-state index contributed by atoms with van der Waals surface area (Å²) in [6, 6.07) is 13.2. The number of carboxylic acid groups (broad SMARTS) is 1. The molecule has 0 amide bonds. The van der Waals surface area contributed by atoms with Gasteiger partial charge in [-0.2, -0.15) is 0 Å². The number of carboxylic acids is 1. The van der Waals surface area contributed by atoms with Crippen LogP contribution >= 0.6 is 11.8 Å². The Kier molecular flexibility index (Phi) is 4.99. The number of aliphatic carboxylic acids is 1. The maximum Gasteiger partial charge on any atom is 0.313 e. The van der Waals surface area contributed by atoms with Crippen LogP contribution in [0, 0.1) is 0 Å². The van der Waals surface area contributed by atoms with Crippen LogP contribution in [0.4, 0.5) is 0 Å². The Bertz CT molecular complexity index is 950. The molecule has 128 valence electrons. The SMILES string of the molecule is Cn1c(SCC(=O)O)nnc1-c1cccn(Cc2ccccc2)c1=O. The lowest BCUT2D eigenvalue weighted by atomic mass is 10.2. The predicted molar refractivity (Wildman–Crippen MR) is 94.6 cm³/mol. The van der Waals surface area contributed by atoms with Crippen LogP contribution in [0.5, 0.6) is 0 Å². The predicted octanol–water partition coefficient (Wildman–Crippen LogP) is 1.87. The van der Waals surface area contributed by atoms with E-state index in [0.717, 1.165) is 17.3 Å². The van der Waals surface area contributed by atoms with E-state index < -0.39 is 5.97 Å². The highest BCUT2D eigenvalue weighted by molar-refractivity contribution is 7.99. The van der Waals surface area contributed by atoms with Gasteiger partial charge in [-0.25, -0.2) is 0 Å². The average Bonchev–Trinajstić information content (AvgIpc) is 2.96. The van der Waals surface area contributed by atoms with Crippen LogP contribution in [0.15, 0.2) is 58.6 Å². The summed E-state index contributed by atoms with van der Waals surface area (Å²) >= 11 is 1.06. The molecule has 25 heavy (non-hydrogen) atoms. The maximum absolute atomic E-state index is 12.8. The summed E-state index contributed by atoms with van der Waals surface area (Å²) < 4.78 is 3.25. The van der Waals surface area contributed by atoms with E-state index in [9.17, 15) is 9.59 Å². The van der Waals surface area contributed by atoms with Gasteiger partial charge in [-0.05, 0) is 17.7 Å². The van der Waals surface area contributed by atoms with E-state index in [1.54, 1.807) is 34.5 Å². The second kappa shape index (κ2) is 7.35. The van der Waals surface area contributed by atoms with E-state index in [4.69, 9.17) is 5.11 Å². The summed E-state index contributed by atoms with van der Waals surface area (Å²) in [5.41, 5.74) is 1.28. The summed E-state index contributed by atoms with van der Waals surface area (Å²) in [4.78, 5) is 23.5. The van der Waals surface area contributed by atoms with Crippen molar-refractivity contribution in [3.8, 4) is 11.4 Å². The highest BCUT2D eigenvalue weighted by Gasteiger charge is 2.16. The largest absolute Gasteiger partial charge is 0.481 e. The van der Waals surface area contributed by atoms with Crippen molar-refractivity contribution in [1.82, 2.24) is 19.3 Å². The van der Waals surface area contributed by atoms with Crippen LogP contribution in [0.25, 0.3) is 11.4 Å². The fourth-order valence-corrected chi connectivity index (χ4v) is 3.04. The second-order valence-corrected chi connectivity index (χ2v) is 6.33. The number of rotatable bonds is 6. The summed E-state index contributed by atoms with van der Waals surface area (Å²) in [5, 5.41) is 17.3. The number of aromatic nitrogens is 4. The lowest BCUT2D eigenvalue weighted by Crippen LogP contribution is -2.22. The van der Waals surface area contributed by atoms with Gasteiger partial charge in [-0.3, -0.25) is 9.59 Å². The van der Waals surface area contributed by atoms with Crippen molar-refractivity contribution in [3.63, 3.8) is 0 Å². The van der Waals surface area contributed by atoms with Crippen molar-refractivity contribution >= 4 is 17.7 Å². The number of pyridine rings is 1. The molecule has 7 nitrogen and oxygen atoms in total. The molecule has 0 fully saturated rings. The minimum Gasteiger partial charge on any atom is -0.481 e. The number of thioether (sulfide) groups is 1. The second-order valence-electron chi connectivity index (χ2n) is 5.39. The summed E-state index contributed by atoms with van der Waals surface area (Å²) in [6.07, 6.45) is 1.73. The van der Waals surface area contributed by atoms with Crippen molar-refractivity contribution in [3.05, 3.63) is 64.6 Å². The zero-order valence-corrected chi connectivity index (χ0v) is 14.3. The van der Waals surface area contributed by atoms with Gasteiger partial charge in [0, 0.05) is 13.2 Å². The molecule has 3 rings (SSSR count). The monoisotopic (exact) mass is 356 g/mol. The molecule has 0 radical (unpaired) electrons. The van der Waals surface area contributed by atoms with E-state index in [0.29, 0.717) is 23.1 Å². The molecule has 0 atom stereocenters. The standard InChI is InChI=1S/C17H16N4O3S/c1-20-15(18-19-17(20)25-11-14(22)23)13-8-5-9-21(16(13)24)10-12-6-3-2-4-7-12/h2-9H,10-11H2,1H3,(H,22,23). The Morgan fingerprint density at radius 3 is 2.64 bits per heavy atom. The van der Waals surface area contributed by atoms with Crippen LogP contribution in [-0.2, 0) is 18.4 Å². The Balaban J connectivity index is 1.92. The molecular formula is C17H16N4O3S. The minimum atomic E-state index is -0.931. The van der Waals surface area contributed by atoms with E-state index in [-0.39, 0.29) is 11.3 Å². The quantitative estimate of drug-likeness (QED) is 0.678. The molecule has 3 aromatic rings. The highest BCUT2D eigenvalue weighted by Crippen LogP contribution is 2.20. The first-order valence-electron chi connectivity index (χ1n) is 7.54. The van der Waals surface area contributed by atoms with E-state index in [1.165, 1.54) is 0 Å². The molecule has 0 aliphatic rings. The molecular weight excluding hydrogens is 340 g/mol. The molecule has 0 bridgehead atoms. The molecule has 0 aliphatic carbocycles. The van der Waals surface area contributed by atoms with Crippen molar-refractivity contribution in [2.24, 2.45) is 7.05 Å². The molecule has 8 heteroatoms. The summed E-state index contributed by atoms with van der Waals surface area (Å²) in [6.45, 7) is 0.464. The maximum atomic E-state index is 12.8. The number of carbonyl (C=O) groups is 1. The summed E-state index contributed by atoms with van der Waals surface area (Å²) in [7, 11) is 1.72. The van der Waals surface area contributed by atoms with Crippen LogP contribution in [0.3, 0.4) is 0 Å². The Labute approximate surface area is 148 Å². The van der Waals surface area contributed by atoms with E-state index >= 15 is 0 Å². The molecule has 0 saturated heterocycles. The molecule has 0 spiro atoms. The fourth-order valence-electron chi connectivity index (χ4n) is 2.41. The number of hydrogen-bond donors (Lipinski definition) is 1. The van der Waals surface area contributed by atoms with Crippen molar-refractivity contribution in [2.75, 3.05) is 5.75 Å². The van der Waals surface area contributed by atoms with Gasteiger partial charge in [0.2, 0.25) is 0 Å². The molecule has 1 aromatic carbocycles. The minimum absolute atomic E-state index is 0.112. The fraction of sp³-hybridized carbons (Fsp3) is 0.176. The normalized spacial score (nSPS) is 10.8. The molecule has 0 saturated carbocycles. The van der Waals surface area contributed by atoms with Gasteiger partial charge < -0.3 is 14.2 Å². The van der Waals surface area contributed by atoms with Crippen LogP contribution in [-0.4, -0.2) is 36.2 Å². The summed E-state index contributed by atoms with van der Waals surface area (Å²) in [5.74, 6) is -0.626. The number of benzene rings is 1. The molecule has 2 aromatic heterocycles. The van der Waals surface area contributed by atoms with E-state index in [2.05, 4.69) is 10.2 Å². The van der Waals surface area contributed by atoms with Gasteiger partial charge in [-0.1, -0.05) is 42.1 Å².